The number of non-ortho nitro benzene ring substituents is 1. The normalized spacial score (nSPS) is 10.7. The summed E-state index contributed by atoms with van der Waals surface area (Å²) in [5, 5.41) is 11.1. The lowest BCUT2D eigenvalue weighted by Crippen LogP contribution is -1.98. The number of aromatic amines is 1. The largest absolute Gasteiger partial charge is 0.497 e. The van der Waals surface area contributed by atoms with E-state index in [1.807, 2.05) is 12.1 Å². The van der Waals surface area contributed by atoms with Gasteiger partial charge >= 0.3 is 0 Å². The Labute approximate surface area is 141 Å². The number of nitro groups is 1. The lowest BCUT2D eigenvalue weighted by molar-refractivity contribution is -0.384. The molecule has 7 nitrogen and oxygen atoms in total. The fourth-order valence-corrected chi connectivity index (χ4v) is 2.95. The van der Waals surface area contributed by atoms with Crippen molar-refractivity contribution in [3.8, 4) is 5.75 Å². The second-order valence-electron chi connectivity index (χ2n) is 5.00. The minimum absolute atomic E-state index is 0.0211. The zero-order valence-electron chi connectivity index (χ0n) is 12.7. The molecule has 0 saturated heterocycles. The van der Waals surface area contributed by atoms with Crippen LogP contribution in [0.2, 0.25) is 0 Å². The van der Waals surface area contributed by atoms with Crippen LogP contribution in [0, 0.1) is 10.1 Å². The topological polar surface area (TPSA) is 98.1 Å². The standard InChI is InChI=1S/C16H13N3O4S/c1-23-12-5-2-10(3-6-12)8-15(20)24-16-17-13-7-4-11(19(21)22)9-14(13)18-16/h2-7,9H,8H2,1H3,(H,17,18). The second-order valence-corrected chi connectivity index (χ2v) is 6.05. The zero-order chi connectivity index (χ0) is 17.1. The first-order valence-electron chi connectivity index (χ1n) is 7.03. The highest BCUT2D eigenvalue weighted by atomic mass is 32.2. The van der Waals surface area contributed by atoms with Gasteiger partial charge in [-0.25, -0.2) is 4.98 Å². The number of nitrogens with zero attached hydrogens (tertiary/aromatic N) is 2. The van der Waals surface area contributed by atoms with Gasteiger partial charge in [0.25, 0.3) is 5.69 Å². The van der Waals surface area contributed by atoms with E-state index < -0.39 is 4.92 Å². The number of benzene rings is 2. The fraction of sp³-hybridized carbons (Fsp3) is 0.125. The Morgan fingerprint density at radius 3 is 2.71 bits per heavy atom. The van der Waals surface area contributed by atoms with Crippen LogP contribution in [0.3, 0.4) is 0 Å². The molecule has 0 aliphatic carbocycles. The van der Waals surface area contributed by atoms with Gasteiger partial charge < -0.3 is 9.72 Å². The number of H-pyrrole nitrogens is 1. The number of rotatable bonds is 5. The first-order valence-corrected chi connectivity index (χ1v) is 7.84. The number of carbonyl (C=O) groups is 1. The van der Waals surface area contributed by atoms with Crippen molar-refractivity contribution in [1.29, 1.82) is 0 Å². The van der Waals surface area contributed by atoms with Gasteiger partial charge in [-0.2, -0.15) is 0 Å². The van der Waals surface area contributed by atoms with E-state index in [1.165, 1.54) is 12.1 Å². The van der Waals surface area contributed by atoms with E-state index in [-0.39, 0.29) is 17.2 Å². The third-order valence-electron chi connectivity index (χ3n) is 3.37. The van der Waals surface area contributed by atoms with E-state index in [0.717, 1.165) is 23.1 Å². The number of thioether (sulfide) groups is 1. The van der Waals surface area contributed by atoms with Crippen LogP contribution in [0.5, 0.6) is 5.75 Å². The van der Waals surface area contributed by atoms with Crippen LogP contribution < -0.4 is 4.74 Å². The van der Waals surface area contributed by atoms with Crippen LogP contribution >= 0.6 is 11.8 Å². The third-order valence-corrected chi connectivity index (χ3v) is 4.13. The molecule has 3 aromatic rings. The number of methoxy groups -OCH3 is 1. The SMILES string of the molecule is COc1ccc(CC(=O)Sc2nc3ccc([N+](=O)[O-])cc3[nH]2)cc1. The number of hydrogen-bond acceptors (Lipinski definition) is 6. The number of nitrogens with one attached hydrogen (secondary N) is 1. The van der Waals surface area contributed by atoms with Gasteiger partial charge in [0.1, 0.15) is 5.75 Å². The van der Waals surface area contributed by atoms with Crippen molar-refractivity contribution < 1.29 is 14.5 Å². The molecule has 0 aliphatic rings. The summed E-state index contributed by atoms with van der Waals surface area (Å²) in [5.74, 6) is 0.734. The molecule has 3 rings (SSSR count). The van der Waals surface area contributed by atoms with Crippen LogP contribution in [0.15, 0.2) is 47.6 Å². The van der Waals surface area contributed by atoms with E-state index in [9.17, 15) is 14.9 Å². The number of hydrogen-bond donors (Lipinski definition) is 1. The number of ether oxygens (including phenoxy) is 1. The van der Waals surface area contributed by atoms with Gasteiger partial charge in [0.05, 0.1) is 23.1 Å². The van der Waals surface area contributed by atoms with E-state index in [1.54, 1.807) is 25.3 Å². The van der Waals surface area contributed by atoms with Crippen molar-refractivity contribution in [2.45, 2.75) is 11.6 Å². The predicted octanol–water partition coefficient (Wildman–Crippen LogP) is 3.34. The molecule has 122 valence electrons. The molecule has 0 saturated carbocycles. The lowest BCUT2D eigenvalue weighted by atomic mass is 10.2. The van der Waals surface area contributed by atoms with Gasteiger partial charge in [0.2, 0.25) is 5.12 Å². The molecular formula is C16H13N3O4S. The van der Waals surface area contributed by atoms with E-state index >= 15 is 0 Å². The van der Waals surface area contributed by atoms with E-state index in [4.69, 9.17) is 4.74 Å². The smallest absolute Gasteiger partial charge is 0.271 e. The van der Waals surface area contributed by atoms with Crippen LogP contribution in [0.25, 0.3) is 11.0 Å². The average Bonchev–Trinajstić information content (AvgIpc) is 2.96. The first-order chi connectivity index (χ1) is 11.5. The number of imidazole rings is 1. The Hall–Kier alpha value is -2.87. The van der Waals surface area contributed by atoms with Crippen LogP contribution in [-0.4, -0.2) is 27.1 Å². The number of aromatic nitrogens is 2. The summed E-state index contributed by atoms with van der Waals surface area (Å²) in [6.45, 7) is 0. The molecule has 24 heavy (non-hydrogen) atoms. The number of fused-ring (bicyclic) bond motifs is 1. The summed E-state index contributed by atoms with van der Waals surface area (Å²) in [6.07, 6.45) is 0.256. The van der Waals surface area contributed by atoms with Crippen molar-refractivity contribution in [2.24, 2.45) is 0 Å². The summed E-state index contributed by atoms with van der Waals surface area (Å²) in [4.78, 5) is 29.7. The minimum atomic E-state index is -0.470. The molecule has 1 aromatic heterocycles. The van der Waals surface area contributed by atoms with Crippen molar-refractivity contribution in [3.05, 3.63) is 58.1 Å². The molecule has 0 bridgehead atoms. The molecule has 0 radical (unpaired) electrons. The number of carbonyl (C=O) groups excluding carboxylic acids is 1. The first kappa shape index (κ1) is 16.0. The Kier molecular flexibility index (Phi) is 4.48. The molecule has 0 atom stereocenters. The quantitative estimate of drug-likeness (QED) is 0.433. The zero-order valence-corrected chi connectivity index (χ0v) is 13.5. The highest BCUT2D eigenvalue weighted by Crippen LogP contribution is 2.24. The Morgan fingerprint density at radius 2 is 2.04 bits per heavy atom. The second kappa shape index (κ2) is 6.71. The Balaban J connectivity index is 1.71. The maximum Gasteiger partial charge on any atom is 0.271 e. The lowest BCUT2D eigenvalue weighted by Gasteiger charge is -2.02. The van der Waals surface area contributed by atoms with Gasteiger partial charge in [0.15, 0.2) is 5.16 Å². The molecule has 0 amide bonds. The van der Waals surface area contributed by atoms with Gasteiger partial charge in [-0.3, -0.25) is 14.9 Å². The third kappa shape index (κ3) is 3.54. The van der Waals surface area contributed by atoms with Crippen molar-refractivity contribution in [2.75, 3.05) is 7.11 Å². The maximum atomic E-state index is 12.2. The predicted molar refractivity (Wildman–Crippen MR) is 90.3 cm³/mol. The molecule has 1 heterocycles. The Morgan fingerprint density at radius 1 is 1.29 bits per heavy atom. The molecule has 1 N–H and O–H groups in total. The van der Waals surface area contributed by atoms with Gasteiger partial charge in [-0.15, -0.1) is 0 Å². The summed E-state index contributed by atoms with van der Waals surface area (Å²) < 4.78 is 5.08. The van der Waals surface area contributed by atoms with Gasteiger partial charge in [0, 0.05) is 18.6 Å². The molecule has 8 heteroatoms. The summed E-state index contributed by atoms with van der Waals surface area (Å²) in [7, 11) is 1.59. The van der Waals surface area contributed by atoms with Gasteiger partial charge in [-0.05, 0) is 35.5 Å². The van der Waals surface area contributed by atoms with Crippen LogP contribution in [0.1, 0.15) is 5.56 Å². The fourth-order valence-electron chi connectivity index (χ4n) is 2.19. The molecule has 0 spiro atoms. The van der Waals surface area contributed by atoms with E-state index in [0.29, 0.717) is 16.2 Å². The molecular weight excluding hydrogens is 330 g/mol. The van der Waals surface area contributed by atoms with Crippen LogP contribution in [-0.2, 0) is 11.2 Å². The molecule has 0 unspecified atom stereocenters. The highest BCUT2D eigenvalue weighted by molar-refractivity contribution is 8.13. The summed E-state index contributed by atoms with van der Waals surface area (Å²) in [6, 6.07) is 11.6. The van der Waals surface area contributed by atoms with E-state index in [2.05, 4.69) is 9.97 Å². The Bertz CT molecular complexity index is 905. The van der Waals surface area contributed by atoms with Crippen molar-refractivity contribution in [3.63, 3.8) is 0 Å². The molecule has 0 fully saturated rings. The van der Waals surface area contributed by atoms with Crippen molar-refractivity contribution >= 4 is 33.6 Å². The summed E-state index contributed by atoms with van der Waals surface area (Å²) >= 11 is 0.982. The number of nitro benzene ring substituents is 1. The molecule has 0 aliphatic heterocycles. The summed E-state index contributed by atoms with van der Waals surface area (Å²) in [5.41, 5.74) is 1.97. The highest BCUT2D eigenvalue weighted by Gasteiger charge is 2.13. The molecule has 2 aromatic carbocycles. The van der Waals surface area contributed by atoms with Crippen molar-refractivity contribution in [1.82, 2.24) is 9.97 Å². The monoisotopic (exact) mass is 343 g/mol. The minimum Gasteiger partial charge on any atom is -0.497 e. The van der Waals surface area contributed by atoms with Crippen LogP contribution in [0.4, 0.5) is 5.69 Å². The average molecular weight is 343 g/mol. The maximum absolute atomic E-state index is 12.2. The van der Waals surface area contributed by atoms with Gasteiger partial charge in [-0.1, -0.05) is 12.1 Å².